The van der Waals surface area contributed by atoms with Gasteiger partial charge in [-0.05, 0) is 13.3 Å². The quantitative estimate of drug-likeness (QED) is 0.359. The van der Waals surface area contributed by atoms with Crippen LogP contribution in [-0.4, -0.2) is 21.6 Å². The van der Waals surface area contributed by atoms with Gasteiger partial charge in [-0.25, -0.2) is 4.98 Å². The van der Waals surface area contributed by atoms with Crippen molar-refractivity contribution >= 4 is 34.8 Å². The van der Waals surface area contributed by atoms with Crippen LogP contribution < -0.4 is 4.74 Å². The van der Waals surface area contributed by atoms with Crippen molar-refractivity contribution in [2.45, 2.75) is 75.4 Å². The molecule has 0 amide bonds. The average molecular weight is 383 g/mol. The van der Waals surface area contributed by atoms with Gasteiger partial charge in [-0.2, -0.15) is 9.97 Å². The van der Waals surface area contributed by atoms with Gasteiger partial charge in [-0.1, -0.05) is 86.7 Å². The zero-order valence-corrected chi connectivity index (χ0v) is 16.2. The summed E-state index contributed by atoms with van der Waals surface area (Å²) < 4.78 is 3.66. The van der Waals surface area contributed by atoms with Crippen LogP contribution in [0.4, 0.5) is 0 Å². The van der Waals surface area contributed by atoms with Crippen molar-refractivity contribution in [2.75, 3.05) is 6.61 Å². The molecule has 1 aromatic heterocycles. The molecule has 0 aliphatic rings. The summed E-state index contributed by atoms with van der Waals surface area (Å²) in [5, 5.41) is 0. The van der Waals surface area contributed by atoms with Gasteiger partial charge in [0.25, 0.3) is 0 Å². The molecule has 1 heterocycles. The molecule has 0 spiro atoms. The summed E-state index contributed by atoms with van der Waals surface area (Å²) in [6.45, 7) is 4.55. The van der Waals surface area contributed by atoms with Crippen LogP contribution in [0.15, 0.2) is 0 Å². The number of hydrogen-bond acceptors (Lipinski definition) is 4. The molecule has 0 fully saturated rings. The summed E-state index contributed by atoms with van der Waals surface area (Å²) in [7, 11) is 0. The molecule has 4 nitrogen and oxygen atoms in total. The van der Waals surface area contributed by atoms with E-state index in [0.717, 1.165) is 19.3 Å². The van der Waals surface area contributed by atoms with Crippen LogP contribution in [0.25, 0.3) is 0 Å². The molecule has 1 aromatic rings. The van der Waals surface area contributed by atoms with Crippen LogP contribution in [0.2, 0.25) is 0 Å². The fourth-order valence-electron chi connectivity index (χ4n) is 2.25. The second-order valence-corrected chi connectivity index (χ2v) is 7.79. The lowest BCUT2D eigenvalue weighted by Crippen LogP contribution is -2.13. The van der Waals surface area contributed by atoms with E-state index in [9.17, 15) is 0 Å². The fourth-order valence-corrected chi connectivity index (χ4v) is 2.50. The van der Waals surface area contributed by atoms with Crippen LogP contribution in [-0.2, 0) is 10.2 Å². The molecule has 0 aromatic carbocycles. The zero-order chi connectivity index (χ0) is 17.1. The third-order valence-corrected chi connectivity index (χ3v) is 3.95. The van der Waals surface area contributed by atoms with Crippen LogP contribution in [0.3, 0.4) is 0 Å². The summed E-state index contributed by atoms with van der Waals surface area (Å²) in [6, 6.07) is 0.221. The Balaban J connectivity index is 2.44. The molecule has 0 atom stereocenters. The number of aromatic nitrogens is 3. The molecule has 23 heavy (non-hydrogen) atoms. The van der Waals surface area contributed by atoms with Gasteiger partial charge in [0, 0.05) is 6.42 Å². The first-order chi connectivity index (χ1) is 11.0. The highest BCUT2D eigenvalue weighted by Crippen LogP contribution is 2.36. The second-order valence-electron chi connectivity index (χ2n) is 5.51. The first kappa shape index (κ1) is 20.7. The standard InChI is InChI=1S/C16H26Cl3N3O/c1-3-5-6-7-8-9-10-11-12-13-20-14(16(17,18)19)22-15(21-13)23-4-2/h3-12H2,1-2H3. The lowest BCUT2D eigenvalue weighted by atomic mass is 10.1. The van der Waals surface area contributed by atoms with Gasteiger partial charge in [-0.15, -0.1) is 0 Å². The first-order valence-electron chi connectivity index (χ1n) is 8.42. The summed E-state index contributed by atoms with van der Waals surface area (Å²) in [4.78, 5) is 12.6. The molecule has 132 valence electrons. The largest absolute Gasteiger partial charge is 0.464 e. The molecular weight excluding hydrogens is 357 g/mol. The predicted octanol–water partition coefficient (Wildman–Crippen LogP) is 5.78. The number of hydrogen-bond donors (Lipinski definition) is 0. The summed E-state index contributed by atoms with van der Waals surface area (Å²) in [6.07, 6.45) is 10.7. The maximum atomic E-state index is 5.87. The molecule has 0 aliphatic carbocycles. The van der Waals surface area contributed by atoms with Gasteiger partial charge in [0.1, 0.15) is 5.82 Å². The van der Waals surface area contributed by atoms with Crippen LogP contribution >= 0.6 is 34.8 Å². The lowest BCUT2D eigenvalue weighted by Gasteiger charge is -2.12. The number of rotatable bonds is 11. The minimum atomic E-state index is -1.66. The van der Waals surface area contributed by atoms with Crippen molar-refractivity contribution < 1.29 is 4.74 Å². The molecule has 0 unspecified atom stereocenters. The van der Waals surface area contributed by atoms with Gasteiger partial charge >= 0.3 is 6.01 Å². The number of unbranched alkanes of at least 4 members (excludes halogenated alkanes) is 7. The van der Waals surface area contributed by atoms with Gasteiger partial charge in [0.15, 0.2) is 5.82 Å². The van der Waals surface area contributed by atoms with Gasteiger partial charge in [0.05, 0.1) is 6.61 Å². The monoisotopic (exact) mass is 381 g/mol. The van der Waals surface area contributed by atoms with Gasteiger partial charge in [-0.3, -0.25) is 0 Å². The van der Waals surface area contributed by atoms with E-state index in [1.54, 1.807) is 0 Å². The maximum absolute atomic E-state index is 5.87. The molecule has 0 saturated carbocycles. The molecule has 0 N–H and O–H groups in total. The lowest BCUT2D eigenvalue weighted by molar-refractivity contribution is 0.308. The molecule has 0 aliphatic heterocycles. The van der Waals surface area contributed by atoms with E-state index >= 15 is 0 Å². The Morgan fingerprint density at radius 1 is 0.826 bits per heavy atom. The van der Waals surface area contributed by atoms with Crippen molar-refractivity contribution in [2.24, 2.45) is 0 Å². The Kier molecular flexibility index (Phi) is 10.2. The van der Waals surface area contributed by atoms with E-state index < -0.39 is 3.79 Å². The first-order valence-corrected chi connectivity index (χ1v) is 9.55. The Morgan fingerprint density at radius 2 is 1.43 bits per heavy atom. The Bertz CT molecular complexity index is 453. The van der Waals surface area contributed by atoms with Crippen LogP contribution in [0, 0.1) is 0 Å². The fraction of sp³-hybridized carbons (Fsp3) is 0.812. The van der Waals surface area contributed by atoms with E-state index in [1.165, 1.54) is 38.5 Å². The highest BCUT2D eigenvalue weighted by Gasteiger charge is 2.28. The smallest absolute Gasteiger partial charge is 0.320 e. The molecule has 0 saturated heterocycles. The van der Waals surface area contributed by atoms with Crippen molar-refractivity contribution in [1.29, 1.82) is 0 Å². The predicted molar refractivity (Wildman–Crippen MR) is 96.5 cm³/mol. The van der Waals surface area contributed by atoms with E-state index in [1.807, 2.05) is 6.92 Å². The molecule has 0 radical (unpaired) electrons. The van der Waals surface area contributed by atoms with Crippen molar-refractivity contribution in [1.82, 2.24) is 15.0 Å². The zero-order valence-electron chi connectivity index (χ0n) is 14.0. The Hall–Kier alpha value is -0.320. The Morgan fingerprint density at radius 3 is 2.00 bits per heavy atom. The minimum absolute atomic E-state index is 0.121. The third-order valence-electron chi connectivity index (χ3n) is 3.44. The SMILES string of the molecule is CCCCCCCCCCc1nc(OCC)nc(C(Cl)(Cl)Cl)n1. The van der Waals surface area contributed by atoms with Gasteiger partial charge in [0.2, 0.25) is 3.79 Å². The average Bonchev–Trinajstić information content (AvgIpc) is 2.49. The summed E-state index contributed by atoms with van der Waals surface area (Å²) in [5.41, 5.74) is 0. The van der Waals surface area contributed by atoms with Gasteiger partial charge < -0.3 is 4.74 Å². The number of halogens is 3. The number of aryl methyl sites for hydroxylation is 1. The van der Waals surface area contributed by atoms with Crippen molar-refractivity contribution in [3.63, 3.8) is 0 Å². The summed E-state index contributed by atoms with van der Waals surface area (Å²) >= 11 is 17.6. The maximum Gasteiger partial charge on any atom is 0.320 e. The van der Waals surface area contributed by atoms with Crippen molar-refractivity contribution in [3.05, 3.63) is 11.6 Å². The van der Waals surface area contributed by atoms with E-state index in [4.69, 9.17) is 39.5 Å². The summed E-state index contributed by atoms with van der Waals surface area (Å²) in [5.74, 6) is 0.742. The normalized spacial score (nSPS) is 11.7. The van der Waals surface area contributed by atoms with E-state index in [-0.39, 0.29) is 11.8 Å². The number of nitrogens with zero attached hydrogens (tertiary/aromatic N) is 3. The second kappa shape index (κ2) is 11.3. The molecule has 1 rings (SSSR count). The third kappa shape index (κ3) is 8.92. The van der Waals surface area contributed by atoms with E-state index in [0.29, 0.717) is 12.4 Å². The molecule has 0 bridgehead atoms. The van der Waals surface area contributed by atoms with E-state index in [2.05, 4.69) is 21.9 Å². The molecular formula is C16H26Cl3N3O. The van der Waals surface area contributed by atoms with Crippen molar-refractivity contribution in [3.8, 4) is 6.01 Å². The number of ether oxygens (including phenoxy) is 1. The van der Waals surface area contributed by atoms with Crippen LogP contribution in [0.1, 0.15) is 76.9 Å². The highest BCUT2D eigenvalue weighted by molar-refractivity contribution is 6.66. The number of alkyl halides is 3. The molecule has 7 heteroatoms. The van der Waals surface area contributed by atoms with Crippen LogP contribution in [0.5, 0.6) is 6.01 Å². The highest BCUT2D eigenvalue weighted by atomic mass is 35.6. The Labute approximate surface area is 154 Å². The topological polar surface area (TPSA) is 47.9 Å². The minimum Gasteiger partial charge on any atom is -0.464 e.